The van der Waals surface area contributed by atoms with E-state index >= 15 is 0 Å². The summed E-state index contributed by atoms with van der Waals surface area (Å²) in [5.41, 5.74) is 0. The molecule has 0 unspecified atom stereocenters. The first-order chi connectivity index (χ1) is 6.68. The lowest BCUT2D eigenvalue weighted by Crippen LogP contribution is -2.02. The highest BCUT2D eigenvalue weighted by Crippen LogP contribution is 2.47. The zero-order chi connectivity index (χ0) is 10.9. The molecule has 0 rings (SSSR count). The van der Waals surface area contributed by atoms with Crippen molar-refractivity contribution in [3.63, 3.8) is 0 Å². The van der Waals surface area contributed by atoms with E-state index in [4.69, 9.17) is 5.11 Å². The van der Waals surface area contributed by atoms with Gasteiger partial charge in [-0.2, -0.15) is 0 Å². The molecule has 0 saturated heterocycles. The molecule has 0 aromatic rings. The summed E-state index contributed by atoms with van der Waals surface area (Å²) in [7, 11) is -1.93. The van der Waals surface area contributed by atoms with Crippen LogP contribution in [0.5, 0.6) is 0 Å². The monoisotopic (exact) mass is 220 g/mol. The van der Waals surface area contributed by atoms with Crippen molar-refractivity contribution in [2.75, 3.05) is 25.1 Å². The minimum atomic E-state index is -1.93. The topological polar surface area (TPSA) is 37.3 Å². The normalized spacial score (nSPS) is 11.9. The van der Waals surface area contributed by atoms with Crippen LogP contribution >= 0.6 is 7.14 Å². The van der Waals surface area contributed by atoms with Gasteiger partial charge in [0.25, 0.3) is 0 Å². The second kappa shape index (κ2) is 8.49. The summed E-state index contributed by atoms with van der Waals surface area (Å²) < 4.78 is 12.4. The fraction of sp³-hybridized carbons (Fsp3) is 1.00. The van der Waals surface area contributed by atoms with Crippen LogP contribution in [-0.4, -0.2) is 30.2 Å². The molecule has 0 aliphatic carbocycles. The van der Waals surface area contributed by atoms with Crippen molar-refractivity contribution in [3.05, 3.63) is 0 Å². The van der Waals surface area contributed by atoms with Crippen LogP contribution in [0, 0.1) is 0 Å². The van der Waals surface area contributed by atoms with Crippen molar-refractivity contribution < 1.29 is 9.67 Å². The molecule has 0 atom stereocenters. The van der Waals surface area contributed by atoms with Crippen LogP contribution in [0.15, 0.2) is 0 Å². The van der Waals surface area contributed by atoms with E-state index in [1.54, 1.807) is 0 Å². The Labute approximate surface area is 88.5 Å². The first kappa shape index (κ1) is 14.2. The van der Waals surface area contributed by atoms with Crippen molar-refractivity contribution in [1.82, 2.24) is 0 Å². The number of hydrogen-bond donors (Lipinski definition) is 1. The van der Waals surface area contributed by atoms with E-state index in [0.717, 1.165) is 44.2 Å². The summed E-state index contributed by atoms with van der Waals surface area (Å²) in [4.78, 5) is 0. The van der Waals surface area contributed by atoms with Crippen LogP contribution in [0.25, 0.3) is 0 Å². The van der Waals surface area contributed by atoms with Crippen molar-refractivity contribution in [1.29, 1.82) is 0 Å². The summed E-state index contributed by atoms with van der Waals surface area (Å²) in [6, 6.07) is 0. The third-order valence-electron chi connectivity index (χ3n) is 2.56. The maximum absolute atomic E-state index is 12.4. The first-order valence-corrected chi connectivity index (χ1v) is 8.12. The summed E-state index contributed by atoms with van der Waals surface area (Å²) in [5, 5.41) is 8.76. The zero-order valence-corrected chi connectivity index (χ0v) is 10.6. The van der Waals surface area contributed by atoms with Crippen LogP contribution in [0.1, 0.15) is 46.0 Å². The average Bonchev–Trinajstić information content (AvgIpc) is 2.21. The number of rotatable bonds is 9. The molecule has 0 heterocycles. The minimum Gasteiger partial charge on any atom is -0.396 e. The predicted molar refractivity (Wildman–Crippen MR) is 63.7 cm³/mol. The van der Waals surface area contributed by atoms with Gasteiger partial charge in [0.05, 0.1) is 7.14 Å². The van der Waals surface area contributed by atoms with Gasteiger partial charge in [-0.25, -0.2) is 0 Å². The average molecular weight is 220 g/mol. The first-order valence-electron chi connectivity index (χ1n) is 5.86. The van der Waals surface area contributed by atoms with E-state index < -0.39 is 7.14 Å². The summed E-state index contributed by atoms with van der Waals surface area (Å²) >= 11 is 0. The van der Waals surface area contributed by atoms with Gasteiger partial charge in [-0.05, 0) is 19.3 Å². The maximum atomic E-state index is 12.4. The van der Waals surface area contributed by atoms with Crippen molar-refractivity contribution >= 4 is 7.14 Å². The molecule has 3 heteroatoms. The van der Waals surface area contributed by atoms with E-state index in [-0.39, 0.29) is 6.61 Å². The number of aliphatic hydroxyl groups excluding tert-OH is 1. The highest BCUT2D eigenvalue weighted by Gasteiger charge is 2.19. The Morgan fingerprint density at radius 1 is 0.929 bits per heavy atom. The third kappa shape index (κ3) is 6.62. The Morgan fingerprint density at radius 2 is 1.36 bits per heavy atom. The van der Waals surface area contributed by atoms with E-state index in [1.807, 2.05) is 0 Å². The van der Waals surface area contributed by atoms with Crippen LogP contribution < -0.4 is 0 Å². The van der Waals surface area contributed by atoms with Crippen molar-refractivity contribution in [3.8, 4) is 0 Å². The minimum absolute atomic E-state index is 0.183. The van der Waals surface area contributed by atoms with E-state index in [2.05, 4.69) is 13.8 Å². The highest BCUT2D eigenvalue weighted by atomic mass is 31.2. The molecule has 0 amide bonds. The lowest BCUT2D eigenvalue weighted by molar-refractivity contribution is 0.295. The molecule has 2 nitrogen and oxygen atoms in total. The molecule has 0 saturated carbocycles. The fourth-order valence-electron chi connectivity index (χ4n) is 1.59. The summed E-state index contributed by atoms with van der Waals surface area (Å²) in [6.07, 6.45) is 7.64. The van der Waals surface area contributed by atoms with Crippen molar-refractivity contribution in [2.45, 2.75) is 46.0 Å². The molecule has 0 radical (unpaired) electrons. The molecule has 0 spiro atoms. The standard InChI is InChI=1S/C11H25O2P/c1-3-5-9-14(13,10-6-4-2)11-7-8-12/h12H,3-11H2,1-2H3. The Kier molecular flexibility index (Phi) is 8.61. The maximum Gasteiger partial charge on any atom is 0.0878 e. The largest absolute Gasteiger partial charge is 0.396 e. The Morgan fingerprint density at radius 3 is 1.71 bits per heavy atom. The lowest BCUT2D eigenvalue weighted by atomic mass is 10.4. The summed E-state index contributed by atoms with van der Waals surface area (Å²) in [6.45, 7) is 4.45. The van der Waals surface area contributed by atoms with Gasteiger partial charge in [0.15, 0.2) is 0 Å². The van der Waals surface area contributed by atoms with Crippen LogP contribution in [-0.2, 0) is 4.57 Å². The quantitative estimate of drug-likeness (QED) is 0.605. The second-order valence-electron chi connectivity index (χ2n) is 4.01. The summed E-state index contributed by atoms with van der Waals surface area (Å²) in [5.74, 6) is 0. The molecule has 1 N–H and O–H groups in total. The molecule has 0 aliphatic rings. The number of unbranched alkanes of at least 4 members (excludes halogenated alkanes) is 2. The molecule has 0 bridgehead atoms. The van der Waals surface area contributed by atoms with Gasteiger partial charge >= 0.3 is 0 Å². The molecule has 0 aliphatic heterocycles. The molecule has 0 aromatic carbocycles. The van der Waals surface area contributed by atoms with E-state index in [9.17, 15) is 4.57 Å². The number of aliphatic hydroxyl groups is 1. The van der Waals surface area contributed by atoms with Gasteiger partial charge in [0.1, 0.15) is 0 Å². The molecule has 14 heavy (non-hydrogen) atoms. The van der Waals surface area contributed by atoms with Crippen LogP contribution in [0.4, 0.5) is 0 Å². The van der Waals surface area contributed by atoms with Gasteiger partial charge in [-0.1, -0.05) is 26.7 Å². The molecule has 86 valence electrons. The van der Waals surface area contributed by atoms with E-state index in [0.29, 0.717) is 6.42 Å². The second-order valence-corrected chi connectivity index (χ2v) is 7.47. The van der Waals surface area contributed by atoms with Gasteiger partial charge in [0, 0.05) is 25.1 Å². The SMILES string of the molecule is CCCCP(=O)(CCCC)CCCO. The van der Waals surface area contributed by atoms with Crippen LogP contribution in [0.2, 0.25) is 0 Å². The van der Waals surface area contributed by atoms with Crippen molar-refractivity contribution in [2.24, 2.45) is 0 Å². The highest BCUT2D eigenvalue weighted by molar-refractivity contribution is 7.63. The smallest absolute Gasteiger partial charge is 0.0878 e. The van der Waals surface area contributed by atoms with E-state index in [1.165, 1.54) is 0 Å². The Balaban J connectivity index is 3.97. The van der Waals surface area contributed by atoms with Crippen LogP contribution in [0.3, 0.4) is 0 Å². The molecular formula is C11H25O2P. The Bertz CT molecular complexity index is 140. The Hall–Kier alpha value is 0.190. The molecular weight excluding hydrogens is 195 g/mol. The number of hydrogen-bond acceptors (Lipinski definition) is 2. The van der Waals surface area contributed by atoms with Gasteiger partial charge in [0.2, 0.25) is 0 Å². The van der Waals surface area contributed by atoms with Gasteiger partial charge in [-0.3, -0.25) is 0 Å². The fourth-order valence-corrected chi connectivity index (χ4v) is 4.76. The molecule has 0 fully saturated rings. The lowest BCUT2D eigenvalue weighted by Gasteiger charge is -2.17. The zero-order valence-electron chi connectivity index (χ0n) is 9.67. The third-order valence-corrected chi connectivity index (χ3v) is 5.96. The predicted octanol–water partition coefficient (Wildman–Crippen LogP) is 3.33. The van der Waals surface area contributed by atoms with Gasteiger partial charge < -0.3 is 9.67 Å². The molecule has 0 aromatic heterocycles. The van der Waals surface area contributed by atoms with Gasteiger partial charge in [-0.15, -0.1) is 0 Å².